The van der Waals surface area contributed by atoms with Crippen LogP contribution in [0.25, 0.3) is 0 Å². The third kappa shape index (κ3) is 6.05. The Labute approximate surface area is 210 Å². The molecule has 0 aliphatic carbocycles. The Hall–Kier alpha value is -2.43. The van der Waals surface area contributed by atoms with Crippen molar-refractivity contribution in [1.82, 2.24) is 4.90 Å². The average molecular weight is 540 g/mol. The van der Waals surface area contributed by atoms with Crippen LogP contribution in [0.2, 0.25) is 5.02 Å². The monoisotopic (exact) mass is 539 g/mol. The first-order valence-corrected chi connectivity index (χ1v) is 11.0. The molecule has 12 heteroatoms. The molecule has 0 radical (unpaired) electrons. The number of carboxylic acid groups (broad SMARTS) is 1. The first kappa shape index (κ1) is 27.2. The summed E-state index contributed by atoms with van der Waals surface area (Å²) in [5.41, 5.74) is 0.284. The maximum absolute atomic E-state index is 15.2. The van der Waals surface area contributed by atoms with Gasteiger partial charge >= 0.3 is 12.3 Å². The second kappa shape index (κ2) is 10.7. The number of carboxylic acids is 1. The summed E-state index contributed by atoms with van der Waals surface area (Å²) in [6, 6.07) is 6.95. The molecule has 6 nitrogen and oxygen atoms in total. The molecule has 4 rings (SSSR count). The molecule has 2 heterocycles. The molecule has 1 N–H and O–H groups in total. The van der Waals surface area contributed by atoms with Gasteiger partial charge in [-0.05, 0) is 44.1 Å². The number of hydrogen-bond acceptors (Lipinski definition) is 5. The molecule has 2 aliphatic heterocycles. The van der Waals surface area contributed by atoms with Gasteiger partial charge in [-0.15, -0.1) is 25.6 Å². The summed E-state index contributed by atoms with van der Waals surface area (Å²) in [5, 5.41) is 8.86. The first-order valence-electron chi connectivity index (χ1n) is 10.6. The van der Waals surface area contributed by atoms with E-state index in [0.29, 0.717) is 44.6 Å². The summed E-state index contributed by atoms with van der Waals surface area (Å²) >= 11 is 6.02. The van der Waals surface area contributed by atoms with Crippen molar-refractivity contribution in [2.75, 3.05) is 26.2 Å². The zero-order valence-electron chi connectivity index (χ0n) is 18.4. The van der Waals surface area contributed by atoms with Crippen molar-refractivity contribution in [2.24, 2.45) is 0 Å². The zero-order valence-corrected chi connectivity index (χ0v) is 19.9. The average Bonchev–Trinajstić information content (AvgIpc) is 3.12. The fourth-order valence-corrected chi connectivity index (χ4v) is 4.64. The summed E-state index contributed by atoms with van der Waals surface area (Å²) in [4.78, 5) is 12.9. The highest BCUT2D eigenvalue weighted by Crippen LogP contribution is 2.48. The number of fused-ring (bicyclic) bond motifs is 2. The van der Waals surface area contributed by atoms with Gasteiger partial charge in [0.05, 0.1) is 23.6 Å². The van der Waals surface area contributed by atoms with Gasteiger partial charge in [-0.2, -0.15) is 4.39 Å². The lowest BCUT2D eigenvalue weighted by Gasteiger charge is -2.38. The largest absolute Gasteiger partial charge is 0.573 e. The minimum atomic E-state index is -4.91. The number of rotatable bonds is 7. The van der Waals surface area contributed by atoms with Gasteiger partial charge in [0, 0.05) is 17.5 Å². The van der Waals surface area contributed by atoms with E-state index in [9.17, 15) is 18.0 Å². The number of ether oxygens (including phenoxy) is 3. The van der Waals surface area contributed by atoms with Gasteiger partial charge in [-0.25, -0.2) is 0 Å². The van der Waals surface area contributed by atoms with Crippen LogP contribution in [0, 0.1) is 5.82 Å². The SMILES string of the molecule is Cl.O=C(O)CCN1CCC2(CC1)COc1c2ccc(OCc2c(Cl)cccc2OC(F)(F)F)c1F. The number of benzene rings is 2. The van der Waals surface area contributed by atoms with Crippen LogP contribution < -0.4 is 14.2 Å². The number of likely N-dealkylation sites (tertiary alicyclic amines) is 1. The number of aliphatic carboxylic acids is 1. The molecule has 0 atom stereocenters. The summed E-state index contributed by atoms with van der Waals surface area (Å²) in [6.45, 7) is 1.66. The maximum atomic E-state index is 15.2. The molecule has 1 saturated heterocycles. The lowest BCUT2D eigenvalue weighted by molar-refractivity contribution is -0.275. The number of nitrogens with zero attached hydrogens (tertiary/aromatic N) is 1. The second-order valence-electron chi connectivity index (χ2n) is 8.36. The molecule has 2 aromatic carbocycles. The third-order valence-corrected chi connectivity index (χ3v) is 6.61. The van der Waals surface area contributed by atoms with E-state index in [0.717, 1.165) is 6.07 Å². The van der Waals surface area contributed by atoms with Gasteiger partial charge < -0.3 is 24.2 Å². The molecular formula is C23H23Cl2F4NO5. The number of piperidine rings is 1. The Morgan fingerprint density at radius 2 is 1.89 bits per heavy atom. The third-order valence-electron chi connectivity index (χ3n) is 6.25. The summed E-state index contributed by atoms with van der Waals surface area (Å²) < 4.78 is 68.5. The van der Waals surface area contributed by atoms with Crippen LogP contribution in [0.3, 0.4) is 0 Å². The predicted octanol–water partition coefficient (Wildman–Crippen LogP) is 5.58. The molecular weight excluding hydrogens is 517 g/mol. The van der Waals surface area contributed by atoms with Crippen LogP contribution in [0.4, 0.5) is 17.6 Å². The highest BCUT2D eigenvalue weighted by molar-refractivity contribution is 6.31. The van der Waals surface area contributed by atoms with Crippen molar-refractivity contribution in [3.05, 3.63) is 52.3 Å². The van der Waals surface area contributed by atoms with Crippen molar-refractivity contribution in [1.29, 1.82) is 0 Å². The summed E-state index contributed by atoms with van der Waals surface area (Å²) in [7, 11) is 0. The highest BCUT2D eigenvalue weighted by Gasteiger charge is 2.44. The van der Waals surface area contributed by atoms with Gasteiger partial charge in [-0.1, -0.05) is 23.7 Å². The summed E-state index contributed by atoms with van der Waals surface area (Å²) in [5.74, 6) is -2.20. The molecule has 0 aromatic heterocycles. The molecule has 0 bridgehead atoms. The Morgan fingerprint density at radius 3 is 2.54 bits per heavy atom. The van der Waals surface area contributed by atoms with Crippen molar-refractivity contribution in [3.8, 4) is 17.2 Å². The van der Waals surface area contributed by atoms with E-state index in [1.807, 2.05) is 0 Å². The van der Waals surface area contributed by atoms with Gasteiger partial charge in [0.2, 0.25) is 5.82 Å². The van der Waals surface area contributed by atoms with Gasteiger partial charge in [-0.3, -0.25) is 4.79 Å². The standard InChI is InChI=1S/C23H22ClF4NO5.ClH/c24-16-2-1-3-17(34-23(26,27)28)14(16)12-32-18-5-4-15-21(20(18)25)33-13-22(15)7-10-29(11-8-22)9-6-19(30)31;/h1-5H,6-13H2,(H,30,31);1H. The van der Waals surface area contributed by atoms with Crippen LogP contribution in [0.15, 0.2) is 30.3 Å². The molecule has 1 fully saturated rings. The van der Waals surface area contributed by atoms with Gasteiger partial charge in [0.25, 0.3) is 0 Å². The highest BCUT2D eigenvalue weighted by atomic mass is 35.5. The topological polar surface area (TPSA) is 68.2 Å². The van der Waals surface area contributed by atoms with Crippen molar-refractivity contribution in [3.63, 3.8) is 0 Å². The van der Waals surface area contributed by atoms with Crippen LogP contribution >= 0.6 is 24.0 Å². The molecule has 35 heavy (non-hydrogen) atoms. The number of halogens is 6. The van der Waals surface area contributed by atoms with E-state index in [2.05, 4.69) is 9.64 Å². The van der Waals surface area contributed by atoms with Crippen molar-refractivity contribution in [2.45, 2.75) is 37.6 Å². The van der Waals surface area contributed by atoms with E-state index in [1.165, 1.54) is 18.2 Å². The fourth-order valence-electron chi connectivity index (χ4n) is 4.42. The minimum Gasteiger partial charge on any atom is -0.489 e. The molecule has 1 spiro atoms. The number of alkyl halides is 3. The van der Waals surface area contributed by atoms with E-state index >= 15 is 4.39 Å². The second-order valence-corrected chi connectivity index (χ2v) is 8.77. The zero-order chi connectivity index (χ0) is 24.5. The van der Waals surface area contributed by atoms with Crippen LogP contribution in [0.5, 0.6) is 17.2 Å². The lowest BCUT2D eigenvalue weighted by Crippen LogP contribution is -2.44. The van der Waals surface area contributed by atoms with E-state index in [4.69, 9.17) is 26.2 Å². The predicted molar refractivity (Wildman–Crippen MR) is 121 cm³/mol. The van der Waals surface area contributed by atoms with Crippen molar-refractivity contribution >= 4 is 30.0 Å². The first-order chi connectivity index (χ1) is 16.1. The van der Waals surface area contributed by atoms with E-state index < -0.39 is 30.5 Å². The van der Waals surface area contributed by atoms with Crippen molar-refractivity contribution < 1.29 is 41.7 Å². The quantitative estimate of drug-likeness (QED) is 0.463. The fraction of sp³-hybridized carbons (Fsp3) is 0.435. The Morgan fingerprint density at radius 1 is 1.17 bits per heavy atom. The Bertz CT molecular complexity index is 1070. The van der Waals surface area contributed by atoms with Gasteiger partial charge in [0.1, 0.15) is 12.4 Å². The van der Waals surface area contributed by atoms with Crippen LogP contribution in [-0.4, -0.2) is 48.6 Å². The van der Waals surface area contributed by atoms with E-state index in [-0.39, 0.29) is 46.3 Å². The Kier molecular flexibility index (Phi) is 8.28. The molecule has 0 saturated carbocycles. The van der Waals surface area contributed by atoms with Crippen LogP contribution in [0.1, 0.15) is 30.4 Å². The molecule has 2 aromatic rings. The number of hydrogen-bond donors (Lipinski definition) is 1. The molecule has 192 valence electrons. The normalized spacial score (nSPS) is 16.8. The molecule has 0 unspecified atom stereocenters. The number of carbonyl (C=O) groups is 1. The smallest absolute Gasteiger partial charge is 0.489 e. The molecule has 2 aliphatic rings. The maximum Gasteiger partial charge on any atom is 0.573 e. The minimum absolute atomic E-state index is 0. The van der Waals surface area contributed by atoms with Crippen LogP contribution in [-0.2, 0) is 16.8 Å². The van der Waals surface area contributed by atoms with Gasteiger partial charge in [0.15, 0.2) is 11.5 Å². The van der Waals surface area contributed by atoms with E-state index in [1.54, 1.807) is 6.07 Å². The lowest BCUT2D eigenvalue weighted by atomic mass is 9.74. The molecule has 0 amide bonds. The summed E-state index contributed by atoms with van der Waals surface area (Å²) in [6.07, 6.45) is -3.46. The Balaban J connectivity index is 0.00000342.